The van der Waals surface area contributed by atoms with Crippen molar-refractivity contribution in [2.75, 3.05) is 26.7 Å². The van der Waals surface area contributed by atoms with Crippen LogP contribution in [0.1, 0.15) is 19.3 Å². The highest BCUT2D eigenvalue weighted by molar-refractivity contribution is 7.89. The van der Waals surface area contributed by atoms with E-state index in [0.717, 1.165) is 25.9 Å². The van der Waals surface area contributed by atoms with Crippen molar-refractivity contribution in [3.05, 3.63) is 24.5 Å². The van der Waals surface area contributed by atoms with Crippen LogP contribution in [0.5, 0.6) is 0 Å². The molecule has 0 atom stereocenters. The molecule has 1 aromatic rings. The van der Waals surface area contributed by atoms with Crippen LogP contribution in [0.3, 0.4) is 0 Å². The lowest BCUT2D eigenvalue weighted by molar-refractivity contribution is -0.132. The zero-order valence-corrected chi connectivity index (χ0v) is 15.9. The van der Waals surface area contributed by atoms with Gasteiger partial charge in [0.1, 0.15) is 4.90 Å². The van der Waals surface area contributed by atoms with Crippen LogP contribution in [0.25, 0.3) is 0 Å². The average molecular weight is 399 g/mol. The Labute approximate surface area is 155 Å². The third kappa shape index (κ3) is 6.52. The first-order valence-electron chi connectivity index (χ1n) is 7.37. The van der Waals surface area contributed by atoms with Crippen molar-refractivity contribution in [2.45, 2.75) is 30.2 Å². The van der Waals surface area contributed by atoms with Crippen molar-refractivity contribution in [1.29, 1.82) is 0 Å². The second kappa shape index (κ2) is 10.8. The molecule has 24 heavy (non-hydrogen) atoms. The predicted molar refractivity (Wildman–Crippen MR) is 97.2 cm³/mol. The molecule has 0 aromatic carbocycles. The van der Waals surface area contributed by atoms with Gasteiger partial charge in [0.2, 0.25) is 15.9 Å². The van der Waals surface area contributed by atoms with E-state index >= 15 is 0 Å². The molecular formula is C14H24Cl2N4O3S. The van der Waals surface area contributed by atoms with E-state index in [1.165, 1.54) is 18.5 Å². The molecule has 0 aliphatic carbocycles. The van der Waals surface area contributed by atoms with Gasteiger partial charge < -0.3 is 10.2 Å². The van der Waals surface area contributed by atoms with Gasteiger partial charge in [-0.05, 0) is 38.1 Å². The summed E-state index contributed by atoms with van der Waals surface area (Å²) >= 11 is 0. The van der Waals surface area contributed by atoms with E-state index in [1.54, 1.807) is 18.0 Å². The van der Waals surface area contributed by atoms with Gasteiger partial charge in [-0.25, -0.2) is 13.1 Å². The smallest absolute Gasteiger partial charge is 0.242 e. The van der Waals surface area contributed by atoms with Crippen molar-refractivity contribution in [1.82, 2.24) is 19.9 Å². The number of aromatic nitrogens is 1. The molecule has 1 aromatic heterocycles. The lowest BCUT2D eigenvalue weighted by Gasteiger charge is -2.31. The number of hydrogen-bond acceptors (Lipinski definition) is 5. The zero-order chi connectivity index (χ0) is 16.0. The first kappa shape index (κ1) is 23.1. The Kier molecular flexibility index (Phi) is 10.4. The van der Waals surface area contributed by atoms with E-state index in [2.05, 4.69) is 15.0 Å². The second-order valence-electron chi connectivity index (χ2n) is 5.32. The van der Waals surface area contributed by atoms with E-state index in [1.807, 2.05) is 0 Å². The van der Waals surface area contributed by atoms with Crippen LogP contribution in [-0.2, 0) is 14.8 Å². The van der Waals surface area contributed by atoms with Gasteiger partial charge in [-0.15, -0.1) is 24.8 Å². The number of sulfonamides is 1. The molecule has 0 bridgehead atoms. The maximum absolute atomic E-state index is 12.1. The van der Waals surface area contributed by atoms with E-state index in [4.69, 9.17) is 0 Å². The Morgan fingerprint density at radius 2 is 2.04 bits per heavy atom. The van der Waals surface area contributed by atoms with Gasteiger partial charge in [0.15, 0.2) is 0 Å². The maximum Gasteiger partial charge on any atom is 0.242 e. The van der Waals surface area contributed by atoms with Crippen LogP contribution in [0, 0.1) is 0 Å². The Balaban J connectivity index is 0.00000264. The zero-order valence-electron chi connectivity index (χ0n) is 13.5. The second-order valence-corrected chi connectivity index (χ2v) is 7.09. The van der Waals surface area contributed by atoms with Crippen molar-refractivity contribution < 1.29 is 13.2 Å². The minimum atomic E-state index is -3.60. The van der Waals surface area contributed by atoms with Gasteiger partial charge >= 0.3 is 0 Å². The number of rotatable bonds is 6. The standard InChI is InChI=1S/C14H22N4O3S.2ClH/c1-18(12-4-8-15-9-5-12)14(19)6-10-17-22(20,21)13-3-2-7-16-11-13;;/h2-3,7,11-12,15,17H,4-6,8-10H2,1H3;2*1H. The van der Waals surface area contributed by atoms with Gasteiger partial charge in [-0.1, -0.05) is 0 Å². The van der Waals surface area contributed by atoms with Crippen LogP contribution >= 0.6 is 24.8 Å². The summed E-state index contributed by atoms with van der Waals surface area (Å²) in [5.74, 6) is -0.0409. The SMILES string of the molecule is CN(C(=O)CCNS(=O)(=O)c1cccnc1)C1CCNCC1.Cl.Cl. The number of nitrogens with one attached hydrogen (secondary N) is 2. The minimum Gasteiger partial charge on any atom is -0.343 e. The number of amides is 1. The summed E-state index contributed by atoms with van der Waals surface area (Å²) in [7, 11) is -1.81. The quantitative estimate of drug-likeness (QED) is 0.739. The Morgan fingerprint density at radius 3 is 2.62 bits per heavy atom. The summed E-state index contributed by atoms with van der Waals surface area (Å²) < 4.78 is 26.4. The van der Waals surface area contributed by atoms with Crippen LogP contribution < -0.4 is 10.0 Å². The first-order valence-corrected chi connectivity index (χ1v) is 8.85. The van der Waals surface area contributed by atoms with Crippen LogP contribution in [0.4, 0.5) is 0 Å². The summed E-state index contributed by atoms with van der Waals surface area (Å²) in [4.78, 5) is 17.7. The minimum absolute atomic E-state index is 0. The molecule has 10 heteroatoms. The lowest BCUT2D eigenvalue weighted by Crippen LogP contribution is -2.44. The third-order valence-corrected chi connectivity index (χ3v) is 5.27. The summed E-state index contributed by atoms with van der Waals surface area (Å²) in [5, 5.41) is 3.25. The van der Waals surface area contributed by atoms with Gasteiger partial charge in [0, 0.05) is 38.4 Å². The third-order valence-electron chi connectivity index (χ3n) is 3.83. The molecule has 1 aliphatic heterocycles. The largest absolute Gasteiger partial charge is 0.343 e. The van der Waals surface area contributed by atoms with Crippen molar-refractivity contribution in [3.8, 4) is 0 Å². The Morgan fingerprint density at radius 1 is 1.38 bits per heavy atom. The molecule has 1 saturated heterocycles. The summed E-state index contributed by atoms with van der Waals surface area (Å²) in [6.45, 7) is 1.91. The predicted octanol–water partition coefficient (Wildman–Crippen LogP) is 0.804. The molecule has 7 nitrogen and oxygen atoms in total. The normalized spacial score (nSPS) is 15.0. The average Bonchev–Trinajstić information content (AvgIpc) is 2.55. The first-order chi connectivity index (χ1) is 10.5. The van der Waals surface area contributed by atoms with E-state index < -0.39 is 10.0 Å². The van der Waals surface area contributed by atoms with Gasteiger partial charge in [-0.2, -0.15) is 0 Å². The van der Waals surface area contributed by atoms with Crippen molar-refractivity contribution in [3.63, 3.8) is 0 Å². The molecule has 2 N–H and O–H groups in total. The van der Waals surface area contributed by atoms with E-state index in [0.29, 0.717) is 0 Å². The highest BCUT2D eigenvalue weighted by atomic mass is 35.5. The van der Waals surface area contributed by atoms with Gasteiger partial charge in [0.25, 0.3) is 0 Å². The summed E-state index contributed by atoms with van der Waals surface area (Å²) in [6.07, 6.45) is 4.81. The number of halogens is 2. The molecule has 2 rings (SSSR count). The summed E-state index contributed by atoms with van der Waals surface area (Å²) in [6, 6.07) is 3.27. The molecule has 2 heterocycles. The number of carbonyl (C=O) groups excluding carboxylic acids is 1. The number of piperidine rings is 1. The number of carbonyl (C=O) groups is 1. The van der Waals surface area contributed by atoms with Gasteiger partial charge in [0.05, 0.1) is 0 Å². The molecule has 1 fully saturated rings. The number of hydrogen-bond donors (Lipinski definition) is 2. The maximum atomic E-state index is 12.1. The lowest BCUT2D eigenvalue weighted by atomic mass is 10.1. The van der Waals surface area contributed by atoms with E-state index in [-0.39, 0.29) is 54.6 Å². The Bertz CT molecular complexity index is 595. The topological polar surface area (TPSA) is 91.4 Å². The molecule has 0 radical (unpaired) electrons. The fourth-order valence-corrected chi connectivity index (χ4v) is 3.45. The van der Waals surface area contributed by atoms with Crippen LogP contribution in [-0.4, -0.2) is 56.9 Å². The van der Waals surface area contributed by atoms with E-state index in [9.17, 15) is 13.2 Å². The molecule has 138 valence electrons. The molecular weight excluding hydrogens is 375 g/mol. The summed E-state index contributed by atoms with van der Waals surface area (Å²) in [5.41, 5.74) is 0. The molecule has 1 aliphatic rings. The number of pyridine rings is 1. The van der Waals surface area contributed by atoms with Crippen molar-refractivity contribution in [2.24, 2.45) is 0 Å². The highest BCUT2D eigenvalue weighted by Crippen LogP contribution is 2.11. The number of nitrogens with zero attached hydrogens (tertiary/aromatic N) is 2. The molecule has 1 amide bonds. The van der Waals surface area contributed by atoms with Crippen LogP contribution in [0.15, 0.2) is 29.4 Å². The molecule has 0 saturated carbocycles. The van der Waals surface area contributed by atoms with Crippen LogP contribution in [0.2, 0.25) is 0 Å². The molecule has 0 unspecified atom stereocenters. The monoisotopic (exact) mass is 398 g/mol. The van der Waals surface area contributed by atoms with Gasteiger partial charge in [-0.3, -0.25) is 9.78 Å². The Hall–Kier alpha value is -0.930. The fourth-order valence-electron chi connectivity index (χ4n) is 2.46. The van der Waals surface area contributed by atoms with Crippen molar-refractivity contribution >= 4 is 40.7 Å². The highest BCUT2D eigenvalue weighted by Gasteiger charge is 2.22. The fraction of sp³-hybridized carbons (Fsp3) is 0.571. The molecule has 0 spiro atoms.